The minimum atomic E-state index is -3.39. The molecule has 19 heavy (non-hydrogen) atoms. The molecule has 2 rings (SSSR count). The van der Waals surface area contributed by atoms with Gasteiger partial charge in [-0.1, -0.05) is 0 Å². The average Bonchev–Trinajstić information content (AvgIpc) is 2.84. The lowest BCUT2D eigenvalue weighted by Gasteiger charge is -2.21. The third-order valence-corrected chi connectivity index (χ3v) is 5.56. The number of rotatable bonds is 4. The highest BCUT2D eigenvalue weighted by atomic mass is 32.2. The molecule has 2 heterocycles. The van der Waals surface area contributed by atoms with Gasteiger partial charge in [0.1, 0.15) is 0 Å². The van der Waals surface area contributed by atoms with Gasteiger partial charge >= 0.3 is 0 Å². The average molecular weight is 286 g/mol. The Morgan fingerprint density at radius 2 is 2.11 bits per heavy atom. The zero-order valence-corrected chi connectivity index (χ0v) is 12.8. The quantitative estimate of drug-likeness (QED) is 0.892. The van der Waals surface area contributed by atoms with E-state index in [-0.39, 0.29) is 6.04 Å². The highest BCUT2D eigenvalue weighted by Crippen LogP contribution is 2.20. The van der Waals surface area contributed by atoms with E-state index >= 15 is 0 Å². The van der Waals surface area contributed by atoms with Gasteiger partial charge in [0.2, 0.25) is 0 Å². The summed E-state index contributed by atoms with van der Waals surface area (Å²) in [6.07, 6.45) is 1.87. The Kier molecular flexibility index (Phi) is 3.98. The van der Waals surface area contributed by atoms with E-state index in [2.05, 4.69) is 9.82 Å². The highest BCUT2D eigenvalue weighted by Gasteiger charge is 2.31. The number of aryl methyl sites for hydroxylation is 2. The molecule has 0 aliphatic carbocycles. The van der Waals surface area contributed by atoms with Crippen molar-refractivity contribution in [3.8, 4) is 0 Å². The van der Waals surface area contributed by atoms with Gasteiger partial charge in [-0.25, -0.2) is 0 Å². The Morgan fingerprint density at radius 3 is 2.58 bits per heavy atom. The number of nitrogens with zero attached hydrogens (tertiary/aromatic N) is 3. The van der Waals surface area contributed by atoms with Crippen molar-refractivity contribution < 1.29 is 8.42 Å². The summed E-state index contributed by atoms with van der Waals surface area (Å²) in [6, 6.07) is 0.0913. The smallest absolute Gasteiger partial charge is 0.272 e. The molecule has 0 radical (unpaired) electrons. The topological polar surface area (TPSA) is 67.2 Å². The Bertz CT molecular complexity index is 565. The van der Waals surface area contributed by atoms with Gasteiger partial charge in [0, 0.05) is 37.4 Å². The fraction of sp³-hybridized carbons (Fsp3) is 0.750. The Labute approximate surface area is 115 Å². The minimum Gasteiger partial charge on any atom is -0.272 e. The van der Waals surface area contributed by atoms with Crippen LogP contribution in [-0.2, 0) is 23.8 Å². The normalized spacial score (nSPS) is 21.2. The van der Waals surface area contributed by atoms with E-state index in [0.29, 0.717) is 13.1 Å². The highest BCUT2D eigenvalue weighted by molar-refractivity contribution is 7.87. The molecule has 1 unspecified atom stereocenters. The van der Waals surface area contributed by atoms with Gasteiger partial charge in [0.15, 0.2) is 0 Å². The van der Waals surface area contributed by atoms with Crippen molar-refractivity contribution in [1.29, 1.82) is 0 Å². The Morgan fingerprint density at radius 1 is 1.42 bits per heavy atom. The summed E-state index contributed by atoms with van der Waals surface area (Å²) in [6.45, 7) is 6.71. The molecule has 0 amide bonds. The first-order chi connectivity index (χ1) is 8.83. The van der Waals surface area contributed by atoms with Crippen LogP contribution in [0, 0.1) is 13.8 Å². The largest absolute Gasteiger partial charge is 0.279 e. The van der Waals surface area contributed by atoms with Crippen molar-refractivity contribution in [2.24, 2.45) is 7.05 Å². The van der Waals surface area contributed by atoms with Crippen LogP contribution in [0.3, 0.4) is 0 Å². The molecule has 0 aromatic carbocycles. The van der Waals surface area contributed by atoms with Gasteiger partial charge in [0.05, 0.1) is 5.69 Å². The molecule has 1 N–H and O–H groups in total. The van der Waals surface area contributed by atoms with E-state index < -0.39 is 10.2 Å². The molecule has 1 atom stereocenters. The van der Waals surface area contributed by atoms with Crippen LogP contribution in [0.4, 0.5) is 0 Å². The van der Waals surface area contributed by atoms with Gasteiger partial charge in [-0.3, -0.25) is 4.68 Å². The first-order valence-electron chi connectivity index (χ1n) is 6.58. The molecular formula is C12H22N4O2S. The van der Waals surface area contributed by atoms with Crippen molar-refractivity contribution in [3.63, 3.8) is 0 Å². The zero-order chi connectivity index (χ0) is 14.2. The lowest BCUT2D eigenvalue weighted by Crippen LogP contribution is -2.42. The predicted octanol–water partition coefficient (Wildman–Crippen LogP) is 0.856. The number of aromatic nitrogens is 2. The zero-order valence-electron chi connectivity index (χ0n) is 12.0. The van der Waals surface area contributed by atoms with E-state index in [1.54, 1.807) is 8.99 Å². The summed E-state index contributed by atoms with van der Waals surface area (Å²) < 4.78 is 30.5. The van der Waals surface area contributed by atoms with Crippen LogP contribution in [0.25, 0.3) is 0 Å². The van der Waals surface area contributed by atoms with Crippen LogP contribution in [0.15, 0.2) is 0 Å². The second-order valence-corrected chi connectivity index (χ2v) is 6.91. The summed E-state index contributed by atoms with van der Waals surface area (Å²) in [5.41, 5.74) is 2.82. The fourth-order valence-electron chi connectivity index (χ4n) is 2.58. The fourth-order valence-corrected chi connectivity index (χ4v) is 4.02. The van der Waals surface area contributed by atoms with Crippen molar-refractivity contribution in [2.75, 3.05) is 6.54 Å². The maximum atomic E-state index is 12.2. The third kappa shape index (κ3) is 2.82. The molecule has 1 aliphatic heterocycles. The Hall–Kier alpha value is -0.920. The van der Waals surface area contributed by atoms with Gasteiger partial charge in [0.25, 0.3) is 10.2 Å². The maximum absolute atomic E-state index is 12.2. The van der Waals surface area contributed by atoms with Crippen LogP contribution < -0.4 is 4.72 Å². The van der Waals surface area contributed by atoms with Gasteiger partial charge in [-0.2, -0.15) is 22.5 Å². The molecule has 1 aromatic heterocycles. The summed E-state index contributed by atoms with van der Waals surface area (Å²) >= 11 is 0. The monoisotopic (exact) mass is 286 g/mol. The van der Waals surface area contributed by atoms with E-state index in [1.807, 2.05) is 27.8 Å². The second-order valence-electron chi connectivity index (χ2n) is 5.20. The van der Waals surface area contributed by atoms with Crippen LogP contribution in [0.1, 0.15) is 36.7 Å². The van der Waals surface area contributed by atoms with E-state index in [1.165, 1.54) is 0 Å². The first kappa shape index (κ1) is 14.5. The summed E-state index contributed by atoms with van der Waals surface area (Å²) in [4.78, 5) is 0. The van der Waals surface area contributed by atoms with E-state index in [4.69, 9.17) is 0 Å². The van der Waals surface area contributed by atoms with Crippen molar-refractivity contribution in [1.82, 2.24) is 18.8 Å². The molecule has 1 aliphatic rings. The van der Waals surface area contributed by atoms with Crippen molar-refractivity contribution in [3.05, 3.63) is 17.0 Å². The van der Waals surface area contributed by atoms with Crippen LogP contribution >= 0.6 is 0 Å². The number of hydrogen-bond donors (Lipinski definition) is 1. The molecule has 0 spiro atoms. The molecule has 1 saturated heterocycles. The Balaban J connectivity index is 2.09. The second kappa shape index (κ2) is 5.22. The summed E-state index contributed by atoms with van der Waals surface area (Å²) in [5, 5.41) is 4.29. The van der Waals surface area contributed by atoms with Crippen LogP contribution in [0.2, 0.25) is 0 Å². The third-order valence-electron chi connectivity index (χ3n) is 3.89. The minimum absolute atomic E-state index is 0.0913. The molecule has 7 heteroatoms. The van der Waals surface area contributed by atoms with E-state index in [0.717, 1.165) is 29.8 Å². The maximum Gasteiger partial charge on any atom is 0.279 e. The standard InChI is InChI=1S/C12H22N4O2S/c1-9-6-5-7-16(9)19(17,18)13-8-12-10(2)14-15(4)11(12)3/h9,13H,5-8H2,1-4H3. The van der Waals surface area contributed by atoms with Gasteiger partial charge in [-0.05, 0) is 33.6 Å². The molecule has 1 fully saturated rings. The van der Waals surface area contributed by atoms with Crippen molar-refractivity contribution in [2.45, 2.75) is 46.2 Å². The lowest BCUT2D eigenvalue weighted by atomic mass is 10.2. The number of nitrogens with one attached hydrogen (secondary N) is 1. The summed E-state index contributed by atoms with van der Waals surface area (Å²) in [7, 11) is -1.52. The molecular weight excluding hydrogens is 264 g/mol. The summed E-state index contributed by atoms with van der Waals surface area (Å²) in [5.74, 6) is 0. The number of hydrogen-bond acceptors (Lipinski definition) is 3. The van der Waals surface area contributed by atoms with Gasteiger partial charge in [-0.15, -0.1) is 0 Å². The van der Waals surface area contributed by atoms with Crippen molar-refractivity contribution >= 4 is 10.2 Å². The SMILES string of the molecule is Cc1nn(C)c(C)c1CNS(=O)(=O)N1CCCC1C. The molecule has 0 bridgehead atoms. The molecule has 0 saturated carbocycles. The molecule has 1 aromatic rings. The molecule has 108 valence electrons. The van der Waals surface area contributed by atoms with Crippen LogP contribution in [0.5, 0.6) is 0 Å². The lowest BCUT2D eigenvalue weighted by molar-refractivity contribution is 0.400. The van der Waals surface area contributed by atoms with E-state index in [9.17, 15) is 8.42 Å². The van der Waals surface area contributed by atoms with Crippen LogP contribution in [-0.4, -0.2) is 35.1 Å². The van der Waals surface area contributed by atoms with Gasteiger partial charge < -0.3 is 0 Å². The predicted molar refractivity (Wildman–Crippen MR) is 73.8 cm³/mol. The first-order valence-corrected chi connectivity index (χ1v) is 8.02. The molecule has 6 nitrogen and oxygen atoms in total.